The van der Waals surface area contributed by atoms with E-state index in [1.165, 1.54) is 24.0 Å². The van der Waals surface area contributed by atoms with Gasteiger partial charge in [-0.05, 0) is 44.1 Å². The maximum atomic E-state index is 11.3. The Balaban J connectivity index is 1.68. The molecule has 0 unspecified atom stereocenters. The predicted molar refractivity (Wildman–Crippen MR) is 71.7 cm³/mol. The number of carbonyl (C=O) groups excluding carboxylic acids is 1. The maximum absolute atomic E-state index is 11.3. The average Bonchev–Trinajstić information content (AvgIpc) is 2.72. The van der Waals surface area contributed by atoms with Crippen LogP contribution in [0.15, 0.2) is 24.3 Å². The van der Waals surface area contributed by atoms with Crippen LogP contribution in [0.2, 0.25) is 0 Å². The summed E-state index contributed by atoms with van der Waals surface area (Å²) in [6.45, 7) is 2.95. The number of aryl methyl sites for hydroxylation is 1. The summed E-state index contributed by atoms with van der Waals surface area (Å²) in [6.07, 6.45) is 4.52. The van der Waals surface area contributed by atoms with E-state index in [0.717, 1.165) is 19.4 Å². The summed E-state index contributed by atoms with van der Waals surface area (Å²) in [5, 5.41) is 6.00. The van der Waals surface area contributed by atoms with Crippen molar-refractivity contribution in [3.63, 3.8) is 0 Å². The molecular formula is C15H20N2O. The van der Waals surface area contributed by atoms with Crippen LogP contribution in [0.1, 0.15) is 42.7 Å². The van der Waals surface area contributed by atoms with Gasteiger partial charge in [0, 0.05) is 6.54 Å². The number of hydrogen-bond donors (Lipinski definition) is 2. The largest absolute Gasteiger partial charge is 0.336 e. The third-order valence-corrected chi connectivity index (χ3v) is 4.42. The van der Waals surface area contributed by atoms with Gasteiger partial charge in [0.05, 0.1) is 5.54 Å². The summed E-state index contributed by atoms with van der Waals surface area (Å²) < 4.78 is 0. The van der Waals surface area contributed by atoms with E-state index in [0.29, 0.717) is 5.92 Å². The fourth-order valence-electron chi connectivity index (χ4n) is 3.31. The van der Waals surface area contributed by atoms with E-state index in [2.05, 4.69) is 41.8 Å². The predicted octanol–water partition coefficient (Wildman–Crippen LogP) is 2.70. The number of carbonyl (C=O) groups is 1. The van der Waals surface area contributed by atoms with Crippen LogP contribution in [0.4, 0.5) is 4.79 Å². The average molecular weight is 244 g/mol. The summed E-state index contributed by atoms with van der Waals surface area (Å²) in [7, 11) is 0. The highest BCUT2D eigenvalue weighted by molar-refractivity contribution is 5.77. The minimum Gasteiger partial charge on any atom is -0.336 e. The van der Waals surface area contributed by atoms with Gasteiger partial charge in [0.2, 0.25) is 0 Å². The second-order valence-corrected chi connectivity index (χ2v) is 5.78. The third-order valence-electron chi connectivity index (χ3n) is 4.42. The van der Waals surface area contributed by atoms with Crippen molar-refractivity contribution in [2.75, 3.05) is 6.54 Å². The van der Waals surface area contributed by atoms with Gasteiger partial charge in [0.15, 0.2) is 0 Å². The van der Waals surface area contributed by atoms with Crippen LogP contribution in [0.25, 0.3) is 0 Å². The minimum absolute atomic E-state index is 0.00371. The number of amides is 2. The Bertz CT molecular complexity index is 461. The summed E-state index contributed by atoms with van der Waals surface area (Å²) >= 11 is 0. The molecule has 3 heteroatoms. The smallest absolute Gasteiger partial charge is 0.315 e. The molecule has 2 N–H and O–H groups in total. The lowest BCUT2D eigenvalue weighted by Crippen LogP contribution is -2.46. The first kappa shape index (κ1) is 11.6. The molecule has 2 aliphatic rings. The van der Waals surface area contributed by atoms with E-state index in [-0.39, 0.29) is 11.6 Å². The highest BCUT2D eigenvalue weighted by atomic mass is 16.2. The highest BCUT2D eigenvalue weighted by Gasteiger charge is 2.40. The molecule has 18 heavy (non-hydrogen) atoms. The first-order valence-corrected chi connectivity index (χ1v) is 6.79. The molecule has 3 rings (SSSR count). The molecule has 1 aliphatic heterocycles. The van der Waals surface area contributed by atoms with E-state index in [1.54, 1.807) is 0 Å². The molecule has 0 bridgehead atoms. The number of benzene rings is 1. The van der Waals surface area contributed by atoms with Gasteiger partial charge in [-0.2, -0.15) is 0 Å². The molecule has 1 saturated carbocycles. The molecular weight excluding hydrogens is 224 g/mol. The van der Waals surface area contributed by atoms with Crippen LogP contribution in [0.3, 0.4) is 0 Å². The molecule has 1 aromatic carbocycles. The zero-order valence-corrected chi connectivity index (χ0v) is 10.8. The number of nitrogens with one attached hydrogen (secondary N) is 2. The van der Waals surface area contributed by atoms with Gasteiger partial charge in [-0.25, -0.2) is 4.79 Å². The molecule has 2 amide bonds. The van der Waals surface area contributed by atoms with Gasteiger partial charge >= 0.3 is 6.03 Å². The van der Waals surface area contributed by atoms with Crippen LogP contribution in [-0.2, 0) is 0 Å². The molecule has 1 aromatic rings. The first-order valence-electron chi connectivity index (χ1n) is 6.79. The Labute approximate surface area is 108 Å². The van der Waals surface area contributed by atoms with Crippen molar-refractivity contribution < 1.29 is 4.79 Å². The Morgan fingerprint density at radius 1 is 1.28 bits per heavy atom. The van der Waals surface area contributed by atoms with Crippen LogP contribution >= 0.6 is 0 Å². The molecule has 96 valence electrons. The van der Waals surface area contributed by atoms with E-state index in [1.807, 2.05) is 0 Å². The fraction of sp³-hybridized carbons (Fsp3) is 0.533. The quantitative estimate of drug-likeness (QED) is 0.783. The fourth-order valence-corrected chi connectivity index (χ4v) is 3.31. The van der Waals surface area contributed by atoms with E-state index >= 15 is 0 Å². The number of urea groups is 1. The van der Waals surface area contributed by atoms with E-state index in [4.69, 9.17) is 0 Å². The summed E-state index contributed by atoms with van der Waals surface area (Å²) in [4.78, 5) is 11.3. The van der Waals surface area contributed by atoms with Crippen molar-refractivity contribution in [3.05, 3.63) is 35.4 Å². The second-order valence-electron chi connectivity index (χ2n) is 5.78. The van der Waals surface area contributed by atoms with Gasteiger partial charge in [0.1, 0.15) is 0 Å². The second kappa shape index (κ2) is 4.30. The first-order chi connectivity index (χ1) is 8.67. The number of rotatable bonds is 1. The highest BCUT2D eigenvalue weighted by Crippen LogP contribution is 2.38. The molecule has 0 aromatic heterocycles. The van der Waals surface area contributed by atoms with Gasteiger partial charge in [-0.1, -0.05) is 29.8 Å². The Hall–Kier alpha value is -1.51. The molecule has 0 atom stereocenters. The molecule has 2 fully saturated rings. The maximum Gasteiger partial charge on any atom is 0.315 e. The van der Waals surface area contributed by atoms with E-state index in [9.17, 15) is 4.79 Å². The zero-order chi connectivity index (χ0) is 12.6. The SMILES string of the molecule is Cc1cccc(C2CCC3(CC2)CNC(=O)N3)c1. The molecule has 0 radical (unpaired) electrons. The number of hydrogen-bond acceptors (Lipinski definition) is 1. The summed E-state index contributed by atoms with van der Waals surface area (Å²) in [5.41, 5.74) is 2.84. The Morgan fingerprint density at radius 2 is 2.06 bits per heavy atom. The van der Waals surface area contributed by atoms with Crippen molar-refractivity contribution >= 4 is 6.03 Å². The van der Waals surface area contributed by atoms with Crippen LogP contribution in [0.5, 0.6) is 0 Å². The lowest BCUT2D eigenvalue weighted by atomic mass is 9.74. The van der Waals surface area contributed by atoms with Crippen molar-refractivity contribution in [3.8, 4) is 0 Å². The zero-order valence-electron chi connectivity index (χ0n) is 10.8. The summed E-state index contributed by atoms with van der Waals surface area (Å²) in [6, 6.07) is 8.84. The van der Waals surface area contributed by atoms with Crippen molar-refractivity contribution in [1.29, 1.82) is 0 Å². The van der Waals surface area contributed by atoms with Crippen molar-refractivity contribution in [2.24, 2.45) is 0 Å². The van der Waals surface area contributed by atoms with Crippen LogP contribution < -0.4 is 10.6 Å². The molecule has 1 saturated heterocycles. The molecule has 1 heterocycles. The Morgan fingerprint density at radius 3 is 2.67 bits per heavy atom. The summed E-state index contributed by atoms with van der Waals surface area (Å²) in [5.74, 6) is 0.660. The minimum atomic E-state index is 0.00371. The monoisotopic (exact) mass is 244 g/mol. The molecule has 3 nitrogen and oxygen atoms in total. The van der Waals surface area contributed by atoms with Gasteiger partial charge in [0.25, 0.3) is 0 Å². The van der Waals surface area contributed by atoms with Crippen LogP contribution in [0, 0.1) is 6.92 Å². The van der Waals surface area contributed by atoms with Gasteiger partial charge in [-0.15, -0.1) is 0 Å². The van der Waals surface area contributed by atoms with Crippen molar-refractivity contribution in [2.45, 2.75) is 44.1 Å². The van der Waals surface area contributed by atoms with Crippen molar-refractivity contribution in [1.82, 2.24) is 10.6 Å². The van der Waals surface area contributed by atoms with Gasteiger partial charge < -0.3 is 10.6 Å². The molecule has 1 spiro atoms. The lowest BCUT2D eigenvalue weighted by molar-refractivity contribution is 0.231. The standard InChI is InChI=1S/C15H20N2O/c1-11-3-2-4-13(9-11)12-5-7-15(8-6-12)10-16-14(18)17-15/h2-4,9,12H,5-8,10H2,1H3,(H2,16,17,18). The Kier molecular flexibility index (Phi) is 2.77. The normalized spacial score (nSPS) is 31.2. The topological polar surface area (TPSA) is 41.1 Å². The van der Waals surface area contributed by atoms with E-state index < -0.39 is 0 Å². The third kappa shape index (κ3) is 2.09. The lowest BCUT2D eigenvalue weighted by Gasteiger charge is -2.36. The van der Waals surface area contributed by atoms with Gasteiger partial charge in [-0.3, -0.25) is 0 Å². The molecule has 1 aliphatic carbocycles. The van der Waals surface area contributed by atoms with Crippen LogP contribution in [-0.4, -0.2) is 18.1 Å².